The van der Waals surface area contributed by atoms with Crippen LogP contribution < -0.4 is 10.1 Å². The smallest absolute Gasteiger partial charge is 0.184 e. The van der Waals surface area contributed by atoms with Gasteiger partial charge in [0.1, 0.15) is 12.0 Å². The quantitative estimate of drug-likeness (QED) is 0.814. The Labute approximate surface area is 147 Å². The molecule has 1 aromatic heterocycles. The molecule has 2 N–H and O–H groups in total. The molecule has 1 unspecified atom stereocenters. The van der Waals surface area contributed by atoms with Crippen LogP contribution in [0.5, 0.6) is 5.75 Å². The Bertz CT molecular complexity index is 687. The molecule has 0 amide bonds. The summed E-state index contributed by atoms with van der Waals surface area (Å²) in [5.41, 5.74) is 2.82. The van der Waals surface area contributed by atoms with Crippen molar-refractivity contribution in [3.8, 4) is 5.75 Å². The lowest BCUT2D eigenvalue weighted by atomic mass is 10.0. The lowest BCUT2D eigenvalue weighted by Gasteiger charge is -2.26. The largest absolute Gasteiger partial charge is 0.497 e. The van der Waals surface area contributed by atoms with Gasteiger partial charge in [-0.05, 0) is 49.9 Å². The molecule has 24 heavy (non-hydrogen) atoms. The molecule has 1 aromatic carbocycles. The zero-order valence-electron chi connectivity index (χ0n) is 14.5. The Kier molecular flexibility index (Phi) is 5.38. The van der Waals surface area contributed by atoms with E-state index in [-0.39, 0.29) is 0 Å². The van der Waals surface area contributed by atoms with Gasteiger partial charge in [-0.15, -0.1) is 11.3 Å². The third kappa shape index (κ3) is 3.88. The SMILES string of the molecule is COc1ccc2c(c1)CCN([C@@H](C)c1cnc(NC(C)O)s1)CC2. The van der Waals surface area contributed by atoms with Gasteiger partial charge in [0.2, 0.25) is 0 Å². The molecule has 6 heteroatoms. The van der Waals surface area contributed by atoms with E-state index in [1.165, 1.54) is 16.0 Å². The van der Waals surface area contributed by atoms with Gasteiger partial charge in [-0.25, -0.2) is 4.98 Å². The highest BCUT2D eigenvalue weighted by Gasteiger charge is 2.21. The molecule has 2 heterocycles. The Morgan fingerprint density at radius 3 is 2.71 bits per heavy atom. The monoisotopic (exact) mass is 347 g/mol. The van der Waals surface area contributed by atoms with Crippen molar-refractivity contribution < 1.29 is 9.84 Å². The summed E-state index contributed by atoms with van der Waals surface area (Å²) in [6.07, 6.45) is 3.43. The molecule has 0 aliphatic carbocycles. The number of benzene rings is 1. The molecule has 0 saturated carbocycles. The Morgan fingerprint density at radius 2 is 2.00 bits per heavy atom. The van der Waals surface area contributed by atoms with E-state index in [9.17, 15) is 5.11 Å². The predicted molar refractivity (Wildman–Crippen MR) is 97.8 cm³/mol. The number of aromatic nitrogens is 1. The van der Waals surface area contributed by atoms with Crippen molar-refractivity contribution in [1.82, 2.24) is 9.88 Å². The number of rotatable bonds is 5. The van der Waals surface area contributed by atoms with Crippen molar-refractivity contribution >= 4 is 16.5 Å². The third-order valence-corrected chi connectivity index (χ3v) is 5.66. The van der Waals surface area contributed by atoms with Crippen LogP contribution >= 0.6 is 11.3 Å². The van der Waals surface area contributed by atoms with Gasteiger partial charge in [-0.3, -0.25) is 4.90 Å². The number of hydrogen-bond acceptors (Lipinski definition) is 6. The second kappa shape index (κ2) is 7.51. The summed E-state index contributed by atoms with van der Waals surface area (Å²) in [5, 5.41) is 13.1. The molecule has 1 aliphatic heterocycles. The summed E-state index contributed by atoms with van der Waals surface area (Å²) in [6, 6.07) is 6.73. The molecule has 0 spiro atoms. The van der Waals surface area contributed by atoms with E-state index in [0.29, 0.717) is 6.04 Å². The van der Waals surface area contributed by atoms with E-state index in [1.807, 2.05) is 6.20 Å². The highest BCUT2D eigenvalue weighted by Crippen LogP contribution is 2.31. The molecule has 2 aromatic rings. The van der Waals surface area contributed by atoms with E-state index < -0.39 is 6.23 Å². The molecule has 5 nitrogen and oxygen atoms in total. The van der Waals surface area contributed by atoms with Crippen molar-refractivity contribution in [1.29, 1.82) is 0 Å². The molecular formula is C18H25N3O2S. The molecule has 3 rings (SSSR count). The topological polar surface area (TPSA) is 57.6 Å². The van der Waals surface area contributed by atoms with Crippen LogP contribution in [0.2, 0.25) is 0 Å². The maximum Gasteiger partial charge on any atom is 0.184 e. The number of aliphatic hydroxyl groups excluding tert-OH is 1. The van der Waals surface area contributed by atoms with Gasteiger partial charge in [0.15, 0.2) is 5.13 Å². The highest BCUT2D eigenvalue weighted by molar-refractivity contribution is 7.15. The first-order valence-corrected chi connectivity index (χ1v) is 9.18. The van der Waals surface area contributed by atoms with Crippen LogP contribution in [0.4, 0.5) is 5.13 Å². The van der Waals surface area contributed by atoms with Crippen LogP contribution in [-0.4, -0.2) is 41.4 Å². The Hall–Kier alpha value is -1.63. The van der Waals surface area contributed by atoms with E-state index in [2.05, 4.69) is 40.3 Å². The van der Waals surface area contributed by atoms with Gasteiger partial charge in [0.05, 0.1) is 7.11 Å². The number of fused-ring (bicyclic) bond motifs is 1. The second-order valence-electron chi connectivity index (χ2n) is 6.23. The maximum atomic E-state index is 9.42. The van der Waals surface area contributed by atoms with Crippen LogP contribution in [0.15, 0.2) is 24.4 Å². The normalized spacial score (nSPS) is 17.7. The summed E-state index contributed by atoms with van der Waals surface area (Å²) >= 11 is 1.62. The third-order valence-electron chi connectivity index (χ3n) is 4.57. The number of anilines is 1. The molecule has 130 valence electrons. The van der Waals surface area contributed by atoms with Crippen molar-refractivity contribution in [3.05, 3.63) is 40.4 Å². The van der Waals surface area contributed by atoms with E-state index in [0.717, 1.165) is 36.8 Å². The minimum Gasteiger partial charge on any atom is -0.497 e. The van der Waals surface area contributed by atoms with Crippen LogP contribution in [0, 0.1) is 0 Å². The Balaban J connectivity index is 1.69. The minimum absolute atomic E-state index is 0.322. The van der Waals surface area contributed by atoms with Gasteiger partial charge in [0, 0.05) is 30.2 Å². The number of methoxy groups -OCH3 is 1. The lowest BCUT2D eigenvalue weighted by molar-refractivity contribution is 0.224. The first-order valence-electron chi connectivity index (χ1n) is 8.37. The van der Waals surface area contributed by atoms with Crippen molar-refractivity contribution in [2.24, 2.45) is 0 Å². The van der Waals surface area contributed by atoms with Crippen LogP contribution in [0.1, 0.15) is 35.9 Å². The summed E-state index contributed by atoms with van der Waals surface area (Å²) in [6.45, 7) is 6.00. The number of hydrogen-bond donors (Lipinski definition) is 2. The van der Waals surface area contributed by atoms with Crippen molar-refractivity contribution in [3.63, 3.8) is 0 Å². The van der Waals surface area contributed by atoms with Gasteiger partial charge in [-0.2, -0.15) is 0 Å². The average Bonchev–Trinajstić information content (AvgIpc) is 2.91. The summed E-state index contributed by atoms with van der Waals surface area (Å²) in [4.78, 5) is 8.09. The molecule has 0 saturated heterocycles. The fourth-order valence-electron chi connectivity index (χ4n) is 3.14. The number of thiazole rings is 1. The molecule has 2 atom stereocenters. The Morgan fingerprint density at radius 1 is 1.25 bits per heavy atom. The van der Waals surface area contributed by atoms with Crippen LogP contribution in [0.25, 0.3) is 0 Å². The predicted octanol–water partition coefficient (Wildman–Crippen LogP) is 3.06. The average molecular weight is 347 g/mol. The fraction of sp³-hybridized carbons (Fsp3) is 0.500. The standard InChI is InChI=1S/C18H25N3O2S/c1-12(17-11-19-18(24-17)20-13(2)22)21-8-6-14-4-5-16(23-3)10-15(14)7-9-21/h4-5,10-13,22H,6-9H2,1-3H3,(H,19,20)/t12-,13?/m0/s1. The lowest BCUT2D eigenvalue weighted by Crippen LogP contribution is -2.29. The van der Waals surface area contributed by atoms with E-state index in [4.69, 9.17) is 4.74 Å². The summed E-state index contributed by atoms with van der Waals surface area (Å²) in [7, 11) is 1.72. The number of nitrogens with one attached hydrogen (secondary N) is 1. The van der Waals surface area contributed by atoms with Crippen molar-refractivity contribution in [2.75, 3.05) is 25.5 Å². The number of nitrogens with zero attached hydrogens (tertiary/aromatic N) is 2. The maximum absolute atomic E-state index is 9.42. The minimum atomic E-state index is -0.582. The van der Waals surface area contributed by atoms with Crippen molar-refractivity contribution in [2.45, 2.75) is 39.0 Å². The number of aliphatic hydroxyl groups is 1. The zero-order valence-corrected chi connectivity index (χ0v) is 15.3. The van der Waals surface area contributed by atoms with Crippen LogP contribution in [0.3, 0.4) is 0 Å². The summed E-state index contributed by atoms with van der Waals surface area (Å²) in [5.74, 6) is 0.937. The highest BCUT2D eigenvalue weighted by atomic mass is 32.1. The van der Waals surface area contributed by atoms with Gasteiger partial charge in [0.25, 0.3) is 0 Å². The number of ether oxygens (including phenoxy) is 1. The van der Waals surface area contributed by atoms with Gasteiger partial charge < -0.3 is 15.2 Å². The molecule has 0 bridgehead atoms. The zero-order chi connectivity index (χ0) is 17.1. The van der Waals surface area contributed by atoms with Gasteiger partial charge >= 0.3 is 0 Å². The van der Waals surface area contributed by atoms with Crippen LogP contribution in [-0.2, 0) is 12.8 Å². The first-order chi connectivity index (χ1) is 11.6. The molecular weight excluding hydrogens is 322 g/mol. The first kappa shape index (κ1) is 17.2. The molecule has 1 aliphatic rings. The van der Waals surface area contributed by atoms with E-state index >= 15 is 0 Å². The molecule has 0 radical (unpaired) electrons. The van der Waals surface area contributed by atoms with E-state index in [1.54, 1.807) is 25.4 Å². The molecule has 0 fully saturated rings. The summed E-state index contributed by atoms with van der Waals surface area (Å²) < 4.78 is 5.35. The van der Waals surface area contributed by atoms with Gasteiger partial charge in [-0.1, -0.05) is 6.07 Å². The second-order valence-corrected chi connectivity index (χ2v) is 7.30. The fourth-order valence-corrected chi connectivity index (χ4v) is 4.12.